The topological polar surface area (TPSA) is 64.4 Å². The number of rotatable bonds is 4. The van der Waals surface area contributed by atoms with Gasteiger partial charge in [0.25, 0.3) is 5.91 Å². The quantitative estimate of drug-likeness (QED) is 0.943. The van der Waals surface area contributed by atoms with Crippen LogP contribution in [0.25, 0.3) is 0 Å². The Hall–Kier alpha value is -2.21. The van der Waals surface area contributed by atoms with Crippen LogP contribution in [0.1, 0.15) is 34.3 Å². The molecule has 0 bridgehead atoms. The van der Waals surface area contributed by atoms with E-state index in [4.69, 9.17) is 9.15 Å². The summed E-state index contributed by atoms with van der Waals surface area (Å²) in [7, 11) is 0. The maximum Gasteiger partial charge on any atom is 0.273 e. The van der Waals surface area contributed by atoms with Gasteiger partial charge in [0, 0.05) is 19.1 Å². The van der Waals surface area contributed by atoms with Crippen molar-refractivity contribution in [3.05, 3.63) is 53.5 Å². The lowest BCUT2D eigenvalue weighted by molar-refractivity contribution is 0.0843. The van der Waals surface area contributed by atoms with Gasteiger partial charge in [0.1, 0.15) is 11.6 Å². The van der Waals surface area contributed by atoms with Gasteiger partial charge in [0.2, 0.25) is 0 Å². The molecule has 2 aromatic rings. The van der Waals surface area contributed by atoms with Gasteiger partial charge in [-0.1, -0.05) is 12.1 Å². The number of halogens is 1. The first-order valence-electron chi connectivity index (χ1n) is 7.20. The van der Waals surface area contributed by atoms with E-state index in [1.807, 2.05) is 0 Å². The van der Waals surface area contributed by atoms with Crippen LogP contribution >= 0.6 is 0 Å². The minimum absolute atomic E-state index is 0.126. The van der Waals surface area contributed by atoms with E-state index in [0.717, 1.165) is 12.0 Å². The van der Waals surface area contributed by atoms with E-state index in [1.165, 1.54) is 18.5 Å². The third-order valence-corrected chi connectivity index (χ3v) is 3.90. The fourth-order valence-electron chi connectivity index (χ4n) is 2.69. The first-order valence-corrected chi connectivity index (χ1v) is 7.20. The van der Waals surface area contributed by atoms with Crippen molar-refractivity contribution in [3.63, 3.8) is 0 Å². The highest BCUT2D eigenvalue weighted by Gasteiger charge is 2.30. The molecule has 1 fully saturated rings. The number of carbonyl (C=O) groups is 1. The normalized spacial score (nSPS) is 21.0. The number of hydrogen-bond acceptors (Lipinski definition) is 4. The molecule has 0 unspecified atom stereocenters. The predicted octanol–water partition coefficient (Wildman–Crippen LogP) is 2.63. The van der Waals surface area contributed by atoms with Crippen LogP contribution in [0.5, 0.6) is 0 Å². The monoisotopic (exact) mass is 304 g/mol. The molecule has 1 saturated heterocycles. The van der Waals surface area contributed by atoms with Crippen molar-refractivity contribution in [1.82, 2.24) is 10.3 Å². The molecule has 1 aliphatic heterocycles. The number of nitrogens with zero attached hydrogens (tertiary/aromatic N) is 1. The summed E-state index contributed by atoms with van der Waals surface area (Å²) in [5.41, 5.74) is 1.23. The molecule has 3 rings (SSSR count). The number of amides is 1. The van der Waals surface area contributed by atoms with Crippen LogP contribution in [0, 0.1) is 18.7 Å². The van der Waals surface area contributed by atoms with E-state index in [2.05, 4.69) is 10.3 Å². The van der Waals surface area contributed by atoms with E-state index in [-0.39, 0.29) is 23.7 Å². The Morgan fingerprint density at radius 1 is 1.41 bits per heavy atom. The number of benzene rings is 1. The van der Waals surface area contributed by atoms with Crippen molar-refractivity contribution in [1.29, 1.82) is 0 Å². The zero-order chi connectivity index (χ0) is 15.5. The van der Waals surface area contributed by atoms with Gasteiger partial charge in [-0.05, 0) is 31.0 Å². The Kier molecular flexibility index (Phi) is 4.20. The Labute approximate surface area is 127 Å². The number of aromatic nitrogens is 1. The summed E-state index contributed by atoms with van der Waals surface area (Å²) in [5, 5.41) is 2.86. The van der Waals surface area contributed by atoms with Crippen LogP contribution in [0.3, 0.4) is 0 Å². The van der Waals surface area contributed by atoms with Gasteiger partial charge in [-0.15, -0.1) is 0 Å². The molecule has 22 heavy (non-hydrogen) atoms. The van der Waals surface area contributed by atoms with Crippen molar-refractivity contribution < 1.29 is 18.3 Å². The van der Waals surface area contributed by atoms with E-state index >= 15 is 0 Å². The van der Waals surface area contributed by atoms with Crippen LogP contribution in [0.4, 0.5) is 4.39 Å². The van der Waals surface area contributed by atoms with Gasteiger partial charge in [0.05, 0.1) is 6.10 Å². The molecule has 1 aromatic carbocycles. The number of aryl methyl sites for hydroxylation is 1. The second-order valence-electron chi connectivity index (χ2n) is 5.36. The average molecular weight is 304 g/mol. The maximum atomic E-state index is 13.0. The summed E-state index contributed by atoms with van der Waals surface area (Å²) in [6.45, 7) is 2.81. The minimum atomic E-state index is -0.270. The van der Waals surface area contributed by atoms with E-state index in [0.29, 0.717) is 24.6 Å². The average Bonchev–Trinajstić information content (AvgIpc) is 3.14. The molecule has 0 saturated carbocycles. The second-order valence-corrected chi connectivity index (χ2v) is 5.36. The zero-order valence-electron chi connectivity index (χ0n) is 12.2. The molecule has 0 radical (unpaired) electrons. The summed E-state index contributed by atoms with van der Waals surface area (Å²) < 4.78 is 23.8. The summed E-state index contributed by atoms with van der Waals surface area (Å²) in [6.07, 6.45) is 1.98. The van der Waals surface area contributed by atoms with Gasteiger partial charge < -0.3 is 14.5 Å². The number of nitrogens with one attached hydrogen (secondary N) is 1. The van der Waals surface area contributed by atoms with Crippen molar-refractivity contribution in [3.8, 4) is 0 Å². The smallest absolute Gasteiger partial charge is 0.273 e. The van der Waals surface area contributed by atoms with Crippen LogP contribution in [-0.4, -0.2) is 24.0 Å². The van der Waals surface area contributed by atoms with Crippen LogP contribution in [0.15, 0.2) is 35.1 Å². The van der Waals surface area contributed by atoms with Crippen molar-refractivity contribution in [2.45, 2.75) is 19.4 Å². The van der Waals surface area contributed by atoms with Gasteiger partial charge in [-0.25, -0.2) is 9.37 Å². The summed E-state index contributed by atoms with van der Waals surface area (Å²) in [5.74, 6) is 0.126. The molecule has 0 spiro atoms. The third kappa shape index (κ3) is 3.01. The molecule has 1 aliphatic rings. The highest BCUT2D eigenvalue weighted by atomic mass is 19.1. The van der Waals surface area contributed by atoms with Gasteiger partial charge >= 0.3 is 0 Å². The van der Waals surface area contributed by atoms with Crippen molar-refractivity contribution in [2.24, 2.45) is 5.92 Å². The number of carbonyl (C=O) groups excluding carboxylic acids is 1. The standard InChI is InChI=1S/C16H17FN2O3/c1-10-14(19-9-22-10)16(20)18-8-12-6-7-21-15(12)11-2-4-13(17)5-3-11/h2-5,9,12,15H,6-8H2,1H3,(H,18,20)/t12-,15-/m0/s1. The molecule has 2 atom stereocenters. The third-order valence-electron chi connectivity index (χ3n) is 3.90. The molecule has 116 valence electrons. The lowest BCUT2D eigenvalue weighted by atomic mass is 9.95. The minimum Gasteiger partial charge on any atom is -0.448 e. The molecular formula is C16H17FN2O3. The molecule has 1 N–H and O–H groups in total. The Bertz CT molecular complexity index is 654. The fraction of sp³-hybridized carbons (Fsp3) is 0.375. The molecule has 1 amide bonds. The lowest BCUT2D eigenvalue weighted by Crippen LogP contribution is -2.31. The predicted molar refractivity (Wildman–Crippen MR) is 76.8 cm³/mol. The van der Waals surface area contributed by atoms with Crippen molar-refractivity contribution in [2.75, 3.05) is 13.2 Å². The molecule has 5 nitrogen and oxygen atoms in total. The number of hydrogen-bond donors (Lipinski definition) is 1. The number of ether oxygens (including phenoxy) is 1. The highest BCUT2D eigenvalue weighted by Crippen LogP contribution is 2.34. The Balaban J connectivity index is 1.63. The summed E-state index contributed by atoms with van der Waals surface area (Å²) >= 11 is 0. The van der Waals surface area contributed by atoms with Gasteiger partial charge in [-0.2, -0.15) is 0 Å². The summed E-state index contributed by atoms with van der Waals surface area (Å²) in [6, 6.07) is 6.29. The first-order chi connectivity index (χ1) is 10.6. The molecule has 6 heteroatoms. The second kappa shape index (κ2) is 6.27. The fourth-order valence-corrected chi connectivity index (χ4v) is 2.69. The molecule has 1 aromatic heterocycles. The SMILES string of the molecule is Cc1ocnc1C(=O)NC[C@@H]1CCO[C@H]1c1ccc(F)cc1. The van der Waals surface area contributed by atoms with Crippen LogP contribution < -0.4 is 5.32 Å². The molecule has 2 heterocycles. The first kappa shape index (κ1) is 14.7. The number of oxazole rings is 1. The van der Waals surface area contributed by atoms with E-state index in [1.54, 1.807) is 19.1 Å². The zero-order valence-corrected chi connectivity index (χ0v) is 12.2. The lowest BCUT2D eigenvalue weighted by Gasteiger charge is -2.19. The largest absolute Gasteiger partial charge is 0.448 e. The van der Waals surface area contributed by atoms with Crippen LogP contribution in [-0.2, 0) is 4.74 Å². The van der Waals surface area contributed by atoms with E-state index < -0.39 is 0 Å². The maximum absolute atomic E-state index is 13.0. The molecule has 0 aliphatic carbocycles. The highest BCUT2D eigenvalue weighted by molar-refractivity contribution is 5.93. The molecular weight excluding hydrogens is 287 g/mol. The van der Waals surface area contributed by atoms with Gasteiger partial charge in [0.15, 0.2) is 12.1 Å². The van der Waals surface area contributed by atoms with Gasteiger partial charge in [-0.3, -0.25) is 4.79 Å². The summed E-state index contributed by atoms with van der Waals surface area (Å²) in [4.78, 5) is 15.9. The Morgan fingerprint density at radius 3 is 2.86 bits per heavy atom. The van der Waals surface area contributed by atoms with Crippen molar-refractivity contribution >= 4 is 5.91 Å². The van der Waals surface area contributed by atoms with E-state index in [9.17, 15) is 9.18 Å². The Morgan fingerprint density at radius 2 is 2.18 bits per heavy atom. The van der Waals surface area contributed by atoms with Crippen LogP contribution in [0.2, 0.25) is 0 Å².